The van der Waals surface area contributed by atoms with Gasteiger partial charge in [-0.25, -0.2) is 4.79 Å². The standard InChI is InChI=1S/C12H15N3O4/c1-6-7(2)11(19-8(6)5-10(16)17)15-4-3-9(13)14-12(15)18/h3-4,6,8,11H,2,5H2,1H3,(H,16,17)(H2,13,14,18). The van der Waals surface area contributed by atoms with Crippen LogP contribution >= 0.6 is 0 Å². The van der Waals surface area contributed by atoms with Gasteiger partial charge in [0.2, 0.25) is 0 Å². The van der Waals surface area contributed by atoms with Crippen LogP contribution < -0.4 is 11.4 Å². The molecule has 0 saturated carbocycles. The van der Waals surface area contributed by atoms with Crippen molar-refractivity contribution < 1.29 is 14.6 Å². The van der Waals surface area contributed by atoms with E-state index in [9.17, 15) is 9.59 Å². The summed E-state index contributed by atoms with van der Waals surface area (Å²) in [6.45, 7) is 5.70. The van der Waals surface area contributed by atoms with Crippen molar-refractivity contribution in [2.45, 2.75) is 25.7 Å². The van der Waals surface area contributed by atoms with E-state index in [-0.39, 0.29) is 18.2 Å². The van der Waals surface area contributed by atoms with Crippen molar-refractivity contribution >= 4 is 11.8 Å². The predicted molar refractivity (Wildman–Crippen MR) is 67.4 cm³/mol. The smallest absolute Gasteiger partial charge is 0.351 e. The lowest BCUT2D eigenvalue weighted by atomic mass is 9.97. The summed E-state index contributed by atoms with van der Waals surface area (Å²) in [4.78, 5) is 26.1. The van der Waals surface area contributed by atoms with E-state index in [0.717, 1.165) is 0 Å². The number of hydrogen-bond acceptors (Lipinski definition) is 5. The van der Waals surface area contributed by atoms with Gasteiger partial charge in [-0.2, -0.15) is 4.98 Å². The van der Waals surface area contributed by atoms with Crippen LogP contribution in [0.5, 0.6) is 0 Å². The van der Waals surface area contributed by atoms with E-state index < -0.39 is 24.0 Å². The molecule has 0 bridgehead atoms. The van der Waals surface area contributed by atoms with Crippen LogP contribution in [0.25, 0.3) is 0 Å². The number of carboxylic acid groups (broad SMARTS) is 1. The highest BCUT2D eigenvalue weighted by Gasteiger charge is 2.38. The van der Waals surface area contributed by atoms with Gasteiger partial charge in [0.15, 0.2) is 6.23 Å². The Morgan fingerprint density at radius 2 is 2.37 bits per heavy atom. The number of anilines is 1. The van der Waals surface area contributed by atoms with Gasteiger partial charge in [0.25, 0.3) is 0 Å². The Balaban J connectivity index is 2.29. The molecule has 2 heterocycles. The van der Waals surface area contributed by atoms with E-state index in [2.05, 4.69) is 11.6 Å². The fourth-order valence-electron chi connectivity index (χ4n) is 2.08. The van der Waals surface area contributed by atoms with Crippen molar-refractivity contribution in [3.63, 3.8) is 0 Å². The Morgan fingerprint density at radius 3 is 2.95 bits per heavy atom. The fraction of sp³-hybridized carbons (Fsp3) is 0.417. The number of hydrogen-bond donors (Lipinski definition) is 2. The van der Waals surface area contributed by atoms with Crippen LogP contribution in [-0.2, 0) is 9.53 Å². The third kappa shape index (κ3) is 2.50. The second-order valence-corrected chi connectivity index (χ2v) is 4.53. The molecule has 3 N–H and O–H groups in total. The minimum absolute atomic E-state index is 0.125. The van der Waals surface area contributed by atoms with Gasteiger partial charge in [-0.05, 0) is 11.6 Å². The lowest BCUT2D eigenvalue weighted by Crippen LogP contribution is -2.28. The van der Waals surface area contributed by atoms with Gasteiger partial charge in [0.1, 0.15) is 5.82 Å². The van der Waals surface area contributed by atoms with Crippen LogP contribution in [0, 0.1) is 5.92 Å². The largest absolute Gasteiger partial charge is 0.481 e. The molecular weight excluding hydrogens is 250 g/mol. The zero-order valence-electron chi connectivity index (χ0n) is 10.4. The van der Waals surface area contributed by atoms with E-state index in [0.29, 0.717) is 5.57 Å². The van der Waals surface area contributed by atoms with Gasteiger partial charge in [-0.3, -0.25) is 9.36 Å². The minimum Gasteiger partial charge on any atom is -0.481 e. The Bertz CT molecular complexity index is 581. The molecule has 19 heavy (non-hydrogen) atoms. The maximum absolute atomic E-state index is 11.7. The number of carbonyl (C=O) groups is 1. The second kappa shape index (κ2) is 4.85. The molecule has 3 atom stereocenters. The summed E-state index contributed by atoms with van der Waals surface area (Å²) in [6, 6.07) is 1.48. The first kappa shape index (κ1) is 13.3. The molecule has 1 aromatic heterocycles. The van der Waals surface area contributed by atoms with E-state index in [1.165, 1.54) is 16.8 Å². The number of carboxylic acids is 1. The highest BCUT2D eigenvalue weighted by molar-refractivity contribution is 5.67. The molecule has 1 aliphatic rings. The molecule has 1 fully saturated rings. The van der Waals surface area contributed by atoms with Crippen LogP contribution in [0.4, 0.5) is 5.82 Å². The third-order valence-electron chi connectivity index (χ3n) is 3.24. The number of rotatable bonds is 3. The molecule has 0 spiro atoms. The van der Waals surface area contributed by atoms with E-state index in [1.54, 1.807) is 0 Å². The molecule has 1 aliphatic heterocycles. The van der Waals surface area contributed by atoms with E-state index >= 15 is 0 Å². The average Bonchev–Trinajstić information content (AvgIpc) is 2.57. The van der Waals surface area contributed by atoms with Gasteiger partial charge in [0, 0.05) is 12.1 Å². The molecule has 2 rings (SSSR count). The van der Waals surface area contributed by atoms with Crippen molar-refractivity contribution in [3.8, 4) is 0 Å². The van der Waals surface area contributed by atoms with E-state index in [1.807, 2.05) is 6.92 Å². The Kier molecular flexibility index (Phi) is 3.39. The third-order valence-corrected chi connectivity index (χ3v) is 3.24. The van der Waals surface area contributed by atoms with Crippen molar-refractivity contribution in [1.82, 2.24) is 9.55 Å². The predicted octanol–water partition coefficient (Wildman–Crippen LogP) is 0.390. The second-order valence-electron chi connectivity index (χ2n) is 4.53. The van der Waals surface area contributed by atoms with Gasteiger partial charge in [0.05, 0.1) is 12.5 Å². The summed E-state index contributed by atoms with van der Waals surface area (Å²) in [7, 11) is 0. The Morgan fingerprint density at radius 1 is 1.68 bits per heavy atom. The van der Waals surface area contributed by atoms with Crippen molar-refractivity contribution in [2.24, 2.45) is 5.92 Å². The molecule has 1 saturated heterocycles. The van der Waals surface area contributed by atoms with E-state index in [4.69, 9.17) is 15.6 Å². The van der Waals surface area contributed by atoms with Crippen LogP contribution in [-0.4, -0.2) is 26.7 Å². The first-order valence-electron chi connectivity index (χ1n) is 5.80. The van der Waals surface area contributed by atoms with Crippen LogP contribution in [0.15, 0.2) is 29.2 Å². The molecule has 0 aromatic carbocycles. The monoisotopic (exact) mass is 265 g/mol. The van der Waals surface area contributed by atoms with Gasteiger partial charge >= 0.3 is 11.7 Å². The maximum atomic E-state index is 11.7. The number of nitrogens with zero attached hydrogens (tertiary/aromatic N) is 2. The zero-order valence-corrected chi connectivity index (χ0v) is 10.4. The summed E-state index contributed by atoms with van der Waals surface area (Å²) in [6.07, 6.45) is 0.143. The van der Waals surface area contributed by atoms with Crippen LogP contribution in [0.1, 0.15) is 19.6 Å². The molecule has 1 aromatic rings. The SMILES string of the molecule is C=C1C(C)C(CC(=O)O)OC1n1ccc(N)nc1=O. The normalized spacial score (nSPS) is 26.6. The molecule has 7 nitrogen and oxygen atoms in total. The molecule has 0 radical (unpaired) electrons. The first-order valence-corrected chi connectivity index (χ1v) is 5.80. The number of aromatic nitrogens is 2. The maximum Gasteiger partial charge on any atom is 0.351 e. The molecule has 0 amide bonds. The topological polar surface area (TPSA) is 107 Å². The van der Waals surface area contributed by atoms with Gasteiger partial charge in [-0.15, -0.1) is 0 Å². The van der Waals surface area contributed by atoms with Crippen LogP contribution in [0.3, 0.4) is 0 Å². The van der Waals surface area contributed by atoms with Gasteiger partial charge in [-0.1, -0.05) is 13.5 Å². The molecule has 3 unspecified atom stereocenters. The number of ether oxygens (including phenoxy) is 1. The number of aliphatic carboxylic acids is 1. The summed E-state index contributed by atoms with van der Waals surface area (Å²) < 4.78 is 6.87. The lowest BCUT2D eigenvalue weighted by Gasteiger charge is -2.15. The van der Waals surface area contributed by atoms with Crippen molar-refractivity contribution in [3.05, 3.63) is 34.9 Å². The highest BCUT2D eigenvalue weighted by atomic mass is 16.5. The Labute approximate surface area is 109 Å². The highest BCUT2D eigenvalue weighted by Crippen LogP contribution is 2.37. The molecule has 102 valence electrons. The zero-order chi connectivity index (χ0) is 14.2. The van der Waals surface area contributed by atoms with Crippen molar-refractivity contribution in [1.29, 1.82) is 0 Å². The summed E-state index contributed by atoms with van der Waals surface area (Å²) in [5, 5.41) is 8.82. The van der Waals surface area contributed by atoms with Crippen molar-refractivity contribution in [2.75, 3.05) is 5.73 Å². The molecule has 7 heteroatoms. The summed E-state index contributed by atoms with van der Waals surface area (Å²) >= 11 is 0. The molecule has 0 aliphatic carbocycles. The number of nitrogen functional groups attached to an aromatic ring is 1. The van der Waals surface area contributed by atoms with Gasteiger partial charge < -0.3 is 15.6 Å². The quantitative estimate of drug-likeness (QED) is 0.765. The fourth-order valence-corrected chi connectivity index (χ4v) is 2.08. The minimum atomic E-state index is -0.951. The lowest BCUT2D eigenvalue weighted by molar-refractivity contribution is -0.141. The first-order chi connectivity index (χ1) is 8.90. The van der Waals surface area contributed by atoms with Crippen LogP contribution in [0.2, 0.25) is 0 Å². The summed E-state index contributed by atoms with van der Waals surface area (Å²) in [5.74, 6) is -0.973. The Hall–Kier alpha value is -2.15. The average molecular weight is 265 g/mol. The number of nitrogens with two attached hydrogens (primary N) is 1. The summed E-state index contributed by atoms with van der Waals surface area (Å²) in [5.41, 5.74) is 5.52. The molecular formula is C12H15N3O4.